The van der Waals surface area contributed by atoms with E-state index in [4.69, 9.17) is 0 Å². The van der Waals surface area contributed by atoms with Crippen molar-refractivity contribution in [3.63, 3.8) is 0 Å². The first-order chi connectivity index (χ1) is 4.86. The Balaban J connectivity index is 2.88. The molecule has 0 amide bonds. The van der Waals surface area contributed by atoms with Gasteiger partial charge in [0.25, 0.3) is 0 Å². The third-order valence-corrected chi connectivity index (χ3v) is 1.85. The number of halogens is 1. The normalized spacial score (nSPS) is 10.5. The van der Waals surface area contributed by atoms with Crippen LogP contribution in [0, 0.1) is 3.70 Å². The quantitative estimate of drug-likeness (QED) is 0.645. The van der Waals surface area contributed by atoms with Crippen LogP contribution in [-0.4, -0.2) is 9.38 Å². The molecule has 0 fully saturated rings. The van der Waals surface area contributed by atoms with Crippen molar-refractivity contribution in [1.29, 1.82) is 0 Å². The smallest absolute Gasteiger partial charge is 0.137 e. The highest BCUT2D eigenvalue weighted by Gasteiger charge is 1.93. The monoisotopic (exact) mass is 242 g/mol. The summed E-state index contributed by atoms with van der Waals surface area (Å²) in [4.78, 5) is 4.26. The molecule has 2 heterocycles. The van der Waals surface area contributed by atoms with Gasteiger partial charge in [-0.25, -0.2) is 4.98 Å². The molecular formula is C7H5IN2. The lowest BCUT2D eigenvalue weighted by Crippen LogP contribution is -1.77. The molecular weight excluding hydrogens is 237 g/mol. The van der Waals surface area contributed by atoms with E-state index < -0.39 is 0 Å². The van der Waals surface area contributed by atoms with E-state index >= 15 is 0 Å². The molecule has 0 aromatic carbocycles. The van der Waals surface area contributed by atoms with Crippen LogP contribution in [0.3, 0.4) is 0 Å². The predicted octanol–water partition coefficient (Wildman–Crippen LogP) is 1.94. The molecule has 0 saturated carbocycles. The zero-order valence-electron chi connectivity index (χ0n) is 5.16. The second kappa shape index (κ2) is 2.23. The molecule has 0 N–H and O–H groups in total. The van der Waals surface area contributed by atoms with E-state index in [1.165, 1.54) is 0 Å². The number of pyridine rings is 1. The van der Waals surface area contributed by atoms with Crippen LogP contribution < -0.4 is 0 Å². The molecule has 0 unspecified atom stereocenters. The maximum absolute atomic E-state index is 4.26. The van der Waals surface area contributed by atoms with Gasteiger partial charge in [0.15, 0.2) is 0 Å². The number of aromatic nitrogens is 2. The summed E-state index contributed by atoms with van der Waals surface area (Å²) in [6, 6.07) is 5.96. The van der Waals surface area contributed by atoms with E-state index in [0.29, 0.717) is 0 Å². The average Bonchev–Trinajstić information content (AvgIpc) is 2.27. The minimum absolute atomic E-state index is 1.01. The van der Waals surface area contributed by atoms with Crippen LogP contribution in [0.5, 0.6) is 0 Å². The van der Waals surface area contributed by atoms with Crippen molar-refractivity contribution in [3.05, 3.63) is 34.3 Å². The zero-order chi connectivity index (χ0) is 6.97. The topological polar surface area (TPSA) is 17.3 Å². The second-order valence-corrected chi connectivity index (χ2v) is 3.13. The first-order valence-electron chi connectivity index (χ1n) is 2.95. The zero-order valence-corrected chi connectivity index (χ0v) is 7.32. The van der Waals surface area contributed by atoms with Gasteiger partial charge in [0.2, 0.25) is 0 Å². The van der Waals surface area contributed by atoms with Gasteiger partial charge in [0.05, 0.1) is 0 Å². The van der Waals surface area contributed by atoms with Gasteiger partial charge in [-0.3, -0.25) is 0 Å². The van der Waals surface area contributed by atoms with E-state index in [-0.39, 0.29) is 0 Å². The predicted molar refractivity (Wildman–Crippen MR) is 47.9 cm³/mol. The van der Waals surface area contributed by atoms with Crippen molar-refractivity contribution >= 4 is 28.2 Å². The third kappa shape index (κ3) is 0.901. The lowest BCUT2D eigenvalue weighted by molar-refractivity contribution is 1.19. The average molecular weight is 242 g/mol. The summed E-state index contributed by atoms with van der Waals surface area (Å²) >= 11 is 2.20. The van der Waals surface area contributed by atoms with Crippen molar-refractivity contribution in [1.82, 2.24) is 9.38 Å². The lowest BCUT2D eigenvalue weighted by atomic mass is 10.5. The van der Waals surface area contributed by atoms with Crippen LogP contribution in [0.4, 0.5) is 0 Å². The fraction of sp³-hybridized carbons (Fsp3) is 0. The Morgan fingerprint density at radius 3 is 3.10 bits per heavy atom. The summed E-state index contributed by atoms with van der Waals surface area (Å²) in [6.07, 6.45) is 3.99. The first kappa shape index (κ1) is 6.15. The number of fused-ring (bicyclic) bond motifs is 1. The maximum Gasteiger partial charge on any atom is 0.137 e. The Hall–Kier alpha value is -0.580. The molecule has 0 aliphatic rings. The molecule has 10 heavy (non-hydrogen) atoms. The van der Waals surface area contributed by atoms with Gasteiger partial charge in [0, 0.05) is 12.4 Å². The largest absolute Gasteiger partial charge is 0.306 e. The Morgan fingerprint density at radius 2 is 2.30 bits per heavy atom. The van der Waals surface area contributed by atoms with Gasteiger partial charge < -0.3 is 4.40 Å². The first-order valence-corrected chi connectivity index (χ1v) is 4.03. The fourth-order valence-corrected chi connectivity index (χ4v) is 1.45. The van der Waals surface area contributed by atoms with Crippen LogP contribution >= 0.6 is 22.6 Å². The minimum atomic E-state index is 1.01. The van der Waals surface area contributed by atoms with Crippen LogP contribution in [-0.2, 0) is 0 Å². The van der Waals surface area contributed by atoms with E-state index in [0.717, 1.165) is 9.35 Å². The Kier molecular flexibility index (Phi) is 1.37. The standard InChI is InChI=1S/C7H5IN2/c8-6-5-10-4-2-1-3-7(10)9-6/h1-5H/i8-2. The number of hydrogen-bond acceptors (Lipinski definition) is 1. The number of hydrogen-bond donors (Lipinski definition) is 0. The van der Waals surface area contributed by atoms with Gasteiger partial charge in [-0.2, -0.15) is 0 Å². The third-order valence-electron chi connectivity index (χ3n) is 1.33. The van der Waals surface area contributed by atoms with Gasteiger partial charge in [-0.15, -0.1) is 0 Å². The molecule has 0 atom stereocenters. The molecule has 0 spiro atoms. The van der Waals surface area contributed by atoms with Crippen LogP contribution in [0.25, 0.3) is 5.65 Å². The minimum Gasteiger partial charge on any atom is -0.306 e. The summed E-state index contributed by atoms with van der Waals surface area (Å²) in [6.45, 7) is 0. The van der Waals surface area contributed by atoms with Crippen molar-refractivity contribution in [2.45, 2.75) is 0 Å². The Labute approximate surface area is 72.0 Å². The molecule has 0 aliphatic heterocycles. The summed E-state index contributed by atoms with van der Waals surface area (Å²) in [5.74, 6) is 0. The van der Waals surface area contributed by atoms with E-state index in [1.54, 1.807) is 0 Å². The van der Waals surface area contributed by atoms with E-state index in [9.17, 15) is 0 Å². The second-order valence-electron chi connectivity index (χ2n) is 2.03. The number of rotatable bonds is 0. The van der Waals surface area contributed by atoms with Gasteiger partial charge in [-0.1, -0.05) is 6.07 Å². The van der Waals surface area contributed by atoms with E-state index in [1.807, 2.05) is 35.0 Å². The van der Waals surface area contributed by atoms with Gasteiger partial charge in [-0.05, 0) is 34.7 Å². The van der Waals surface area contributed by atoms with Crippen molar-refractivity contribution in [2.24, 2.45) is 0 Å². The van der Waals surface area contributed by atoms with Crippen LogP contribution in [0.15, 0.2) is 30.6 Å². The highest BCUT2D eigenvalue weighted by molar-refractivity contribution is 14.1. The fourth-order valence-electron chi connectivity index (χ4n) is 0.904. The highest BCUT2D eigenvalue weighted by atomic mass is 125. The highest BCUT2D eigenvalue weighted by Crippen LogP contribution is 2.05. The molecule has 2 aromatic rings. The number of nitrogens with zero attached hydrogens (tertiary/aromatic N) is 2. The Morgan fingerprint density at radius 1 is 1.40 bits per heavy atom. The van der Waals surface area contributed by atoms with Crippen LogP contribution in [0.2, 0.25) is 0 Å². The summed E-state index contributed by atoms with van der Waals surface area (Å²) < 4.78 is 3.03. The van der Waals surface area contributed by atoms with Crippen molar-refractivity contribution in [2.75, 3.05) is 0 Å². The molecule has 0 aliphatic carbocycles. The molecule has 0 bridgehead atoms. The Bertz CT molecular complexity index is 320. The molecule has 0 radical (unpaired) electrons. The SMILES string of the molecule is [125I]c1cn2ccccc2n1. The maximum atomic E-state index is 4.26. The summed E-state index contributed by atoms with van der Waals surface area (Å²) in [5.41, 5.74) is 1.01. The van der Waals surface area contributed by atoms with Crippen molar-refractivity contribution in [3.8, 4) is 0 Å². The molecule has 0 saturated heterocycles. The van der Waals surface area contributed by atoms with E-state index in [2.05, 4.69) is 27.6 Å². The molecule has 2 nitrogen and oxygen atoms in total. The molecule has 3 heteroatoms. The lowest BCUT2D eigenvalue weighted by Gasteiger charge is -1.86. The molecule has 50 valence electrons. The molecule has 2 rings (SSSR count). The van der Waals surface area contributed by atoms with Gasteiger partial charge in [0.1, 0.15) is 9.35 Å². The van der Waals surface area contributed by atoms with Gasteiger partial charge >= 0.3 is 0 Å². The summed E-state index contributed by atoms with van der Waals surface area (Å²) in [5, 5.41) is 0. The number of imidazole rings is 1. The van der Waals surface area contributed by atoms with Crippen LogP contribution in [0.1, 0.15) is 0 Å². The van der Waals surface area contributed by atoms with Crippen molar-refractivity contribution < 1.29 is 0 Å². The molecule has 2 aromatic heterocycles. The summed E-state index contributed by atoms with van der Waals surface area (Å²) in [7, 11) is 0.